The fraction of sp³-hybridized carbons (Fsp3) is 0.316. The number of carbonyl (C=O) groups is 1. The average Bonchev–Trinajstić information content (AvgIpc) is 2.67. The lowest BCUT2D eigenvalue weighted by Crippen LogP contribution is -2.39. The summed E-state index contributed by atoms with van der Waals surface area (Å²) in [5.74, 6) is 0.979. The highest BCUT2D eigenvalue weighted by molar-refractivity contribution is 5.94. The van der Waals surface area contributed by atoms with E-state index in [9.17, 15) is 4.79 Å². The lowest BCUT2D eigenvalue weighted by Gasteiger charge is -2.33. The zero-order valence-corrected chi connectivity index (χ0v) is 14.1. The van der Waals surface area contributed by atoms with Gasteiger partial charge in [-0.1, -0.05) is 0 Å². The molecular formula is C19H19N5O. The zero-order chi connectivity index (χ0) is 17.2. The Hall–Kier alpha value is -2.89. The monoisotopic (exact) mass is 333 g/mol. The van der Waals surface area contributed by atoms with Gasteiger partial charge in [-0.3, -0.25) is 9.78 Å². The van der Waals surface area contributed by atoms with Crippen molar-refractivity contribution in [3.05, 3.63) is 59.9 Å². The van der Waals surface area contributed by atoms with Crippen LogP contribution in [0.15, 0.2) is 42.9 Å². The molecule has 0 aliphatic carbocycles. The van der Waals surface area contributed by atoms with E-state index in [1.54, 1.807) is 30.7 Å². The van der Waals surface area contributed by atoms with Crippen LogP contribution in [0.3, 0.4) is 0 Å². The molecule has 1 aliphatic rings. The first-order chi connectivity index (χ1) is 12.2. The van der Waals surface area contributed by atoms with Crippen molar-refractivity contribution in [1.29, 1.82) is 0 Å². The number of likely N-dealkylation sites (tertiary alicyclic amines) is 1. The smallest absolute Gasteiger partial charge is 0.253 e. The number of aryl methyl sites for hydroxylation is 1. The van der Waals surface area contributed by atoms with Gasteiger partial charge in [0.2, 0.25) is 0 Å². The lowest BCUT2D eigenvalue weighted by atomic mass is 9.92. The third kappa shape index (κ3) is 3.07. The van der Waals surface area contributed by atoms with Gasteiger partial charge in [0.25, 0.3) is 5.91 Å². The molecule has 0 bridgehead atoms. The third-order valence-electron chi connectivity index (χ3n) is 4.64. The summed E-state index contributed by atoms with van der Waals surface area (Å²) in [7, 11) is 0. The van der Waals surface area contributed by atoms with Crippen LogP contribution in [-0.2, 0) is 0 Å². The Morgan fingerprint density at radius 3 is 2.84 bits per heavy atom. The van der Waals surface area contributed by atoms with Crippen LogP contribution < -0.4 is 0 Å². The van der Waals surface area contributed by atoms with E-state index in [1.165, 1.54) is 0 Å². The minimum Gasteiger partial charge on any atom is -0.338 e. The Bertz CT molecular complexity index is 912. The molecular weight excluding hydrogens is 314 g/mol. The van der Waals surface area contributed by atoms with Crippen molar-refractivity contribution in [2.24, 2.45) is 0 Å². The maximum Gasteiger partial charge on any atom is 0.253 e. The molecule has 6 nitrogen and oxygen atoms in total. The van der Waals surface area contributed by atoms with Gasteiger partial charge in [0.1, 0.15) is 5.82 Å². The van der Waals surface area contributed by atoms with E-state index in [0.717, 1.165) is 41.9 Å². The highest BCUT2D eigenvalue weighted by Gasteiger charge is 2.27. The van der Waals surface area contributed by atoms with Gasteiger partial charge in [-0.05, 0) is 44.0 Å². The first kappa shape index (κ1) is 15.6. The van der Waals surface area contributed by atoms with E-state index in [4.69, 9.17) is 4.98 Å². The van der Waals surface area contributed by atoms with Gasteiger partial charge < -0.3 is 4.90 Å². The fourth-order valence-corrected chi connectivity index (χ4v) is 3.47. The highest BCUT2D eigenvalue weighted by Crippen LogP contribution is 2.30. The maximum absolute atomic E-state index is 12.8. The van der Waals surface area contributed by atoms with Crippen molar-refractivity contribution in [1.82, 2.24) is 24.8 Å². The summed E-state index contributed by atoms with van der Waals surface area (Å²) >= 11 is 0. The largest absolute Gasteiger partial charge is 0.338 e. The van der Waals surface area contributed by atoms with Gasteiger partial charge in [-0.25, -0.2) is 15.0 Å². The maximum atomic E-state index is 12.8. The van der Waals surface area contributed by atoms with Crippen molar-refractivity contribution < 1.29 is 4.79 Å². The average molecular weight is 333 g/mol. The van der Waals surface area contributed by atoms with Crippen LogP contribution in [0.25, 0.3) is 11.0 Å². The fourth-order valence-electron chi connectivity index (χ4n) is 3.47. The Balaban J connectivity index is 1.65. The predicted octanol–water partition coefficient (Wildman–Crippen LogP) is 2.75. The van der Waals surface area contributed by atoms with Crippen LogP contribution in [0, 0.1) is 6.92 Å². The Kier molecular flexibility index (Phi) is 4.09. The highest BCUT2D eigenvalue weighted by atomic mass is 16.2. The minimum absolute atomic E-state index is 0.0558. The van der Waals surface area contributed by atoms with Crippen LogP contribution >= 0.6 is 0 Å². The van der Waals surface area contributed by atoms with Crippen molar-refractivity contribution in [3.63, 3.8) is 0 Å². The number of hydrogen-bond donors (Lipinski definition) is 0. The molecule has 1 aliphatic heterocycles. The molecule has 126 valence electrons. The molecule has 0 unspecified atom stereocenters. The minimum atomic E-state index is 0.0558. The molecule has 0 saturated carbocycles. The standard InChI is InChI=1S/C19H19N5O/c1-13-22-17(16-5-2-8-21-18(16)23-13)15-4-3-11-24(12-15)19(25)14-6-9-20-10-7-14/h2,5-10,15H,3-4,11-12H2,1H3/t15-/m1/s1. The lowest BCUT2D eigenvalue weighted by molar-refractivity contribution is 0.0706. The van der Waals surface area contributed by atoms with Crippen molar-refractivity contribution in [3.8, 4) is 0 Å². The summed E-state index contributed by atoms with van der Waals surface area (Å²) in [6.45, 7) is 3.33. The number of piperidine rings is 1. The normalized spacial score (nSPS) is 17.6. The number of pyridine rings is 2. The van der Waals surface area contributed by atoms with E-state index in [2.05, 4.69) is 15.0 Å². The molecule has 0 aromatic carbocycles. The van der Waals surface area contributed by atoms with Crippen LogP contribution in [0.5, 0.6) is 0 Å². The Morgan fingerprint density at radius 1 is 1.16 bits per heavy atom. The van der Waals surface area contributed by atoms with Crippen LogP contribution in [-0.4, -0.2) is 43.8 Å². The number of hydrogen-bond acceptors (Lipinski definition) is 5. The van der Waals surface area contributed by atoms with Crippen molar-refractivity contribution in [2.75, 3.05) is 13.1 Å². The molecule has 0 radical (unpaired) electrons. The number of rotatable bonds is 2. The van der Waals surface area contributed by atoms with E-state index >= 15 is 0 Å². The SMILES string of the molecule is Cc1nc([C@@H]2CCCN(C(=O)c3ccncc3)C2)c2cccnc2n1. The molecule has 0 N–H and O–H groups in total. The van der Waals surface area contributed by atoms with Gasteiger partial charge in [-0.15, -0.1) is 0 Å². The molecule has 4 rings (SSSR count). The van der Waals surface area contributed by atoms with E-state index in [0.29, 0.717) is 12.1 Å². The number of amides is 1. The molecule has 1 atom stereocenters. The Morgan fingerprint density at radius 2 is 2.00 bits per heavy atom. The van der Waals surface area contributed by atoms with Crippen LogP contribution in [0.1, 0.15) is 40.6 Å². The number of fused-ring (bicyclic) bond motifs is 1. The van der Waals surface area contributed by atoms with Crippen molar-refractivity contribution >= 4 is 16.9 Å². The number of carbonyl (C=O) groups excluding carboxylic acids is 1. The topological polar surface area (TPSA) is 71.9 Å². The van der Waals surface area contributed by atoms with E-state index < -0.39 is 0 Å². The first-order valence-corrected chi connectivity index (χ1v) is 8.51. The third-order valence-corrected chi connectivity index (χ3v) is 4.64. The number of nitrogens with zero attached hydrogens (tertiary/aromatic N) is 5. The molecule has 3 aromatic rings. The molecule has 3 aromatic heterocycles. The zero-order valence-electron chi connectivity index (χ0n) is 14.1. The van der Waals surface area contributed by atoms with Gasteiger partial charge in [0, 0.05) is 48.5 Å². The van der Waals surface area contributed by atoms with Gasteiger partial charge >= 0.3 is 0 Å². The molecule has 4 heterocycles. The summed E-state index contributed by atoms with van der Waals surface area (Å²) in [5.41, 5.74) is 2.41. The second kappa shape index (κ2) is 6.55. The van der Waals surface area contributed by atoms with Gasteiger partial charge in [0.15, 0.2) is 5.65 Å². The van der Waals surface area contributed by atoms with E-state index in [-0.39, 0.29) is 11.8 Å². The summed E-state index contributed by atoms with van der Waals surface area (Å²) in [6.07, 6.45) is 7.04. The molecule has 0 spiro atoms. The van der Waals surface area contributed by atoms with Crippen molar-refractivity contribution in [2.45, 2.75) is 25.7 Å². The predicted molar refractivity (Wildman–Crippen MR) is 94.2 cm³/mol. The molecule has 25 heavy (non-hydrogen) atoms. The number of aromatic nitrogens is 4. The van der Waals surface area contributed by atoms with Crippen LogP contribution in [0.2, 0.25) is 0 Å². The summed E-state index contributed by atoms with van der Waals surface area (Å²) < 4.78 is 0. The summed E-state index contributed by atoms with van der Waals surface area (Å²) in [4.78, 5) is 32.1. The molecule has 6 heteroatoms. The summed E-state index contributed by atoms with van der Waals surface area (Å²) in [6, 6.07) is 7.45. The van der Waals surface area contributed by atoms with Crippen LogP contribution in [0.4, 0.5) is 0 Å². The molecule has 1 amide bonds. The van der Waals surface area contributed by atoms with Gasteiger partial charge in [0.05, 0.1) is 5.69 Å². The molecule has 1 fully saturated rings. The quantitative estimate of drug-likeness (QED) is 0.721. The van der Waals surface area contributed by atoms with Gasteiger partial charge in [-0.2, -0.15) is 0 Å². The summed E-state index contributed by atoms with van der Waals surface area (Å²) in [5, 5.41) is 0.983. The second-order valence-electron chi connectivity index (χ2n) is 6.36. The Labute approximate surface area is 146 Å². The second-order valence-corrected chi connectivity index (χ2v) is 6.36. The first-order valence-electron chi connectivity index (χ1n) is 8.51. The van der Waals surface area contributed by atoms with E-state index in [1.807, 2.05) is 24.0 Å². The molecule has 1 saturated heterocycles.